The van der Waals surface area contributed by atoms with E-state index in [1.54, 1.807) is 19.1 Å². The SMILES string of the molecule is CCN(C(=O)CCNC)c1ccc(OC)c(OC)c1.Cl. The van der Waals surface area contributed by atoms with Crippen LogP contribution in [0, 0.1) is 0 Å². The Balaban J connectivity index is 0.00000361. The summed E-state index contributed by atoms with van der Waals surface area (Å²) >= 11 is 0. The largest absolute Gasteiger partial charge is 0.493 e. The molecule has 0 spiro atoms. The molecule has 1 amide bonds. The van der Waals surface area contributed by atoms with Crippen molar-refractivity contribution in [2.24, 2.45) is 0 Å². The summed E-state index contributed by atoms with van der Waals surface area (Å²) in [6, 6.07) is 5.49. The first-order chi connectivity index (χ1) is 9.17. The zero-order valence-electron chi connectivity index (χ0n) is 12.4. The van der Waals surface area contributed by atoms with Gasteiger partial charge < -0.3 is 19.7 Å². The van der Waals surface area contributed by atoms with E-state index >= 15 is 0 Å². The third-order valence-electron chi connectivity index (χ3n) is 2.88. The smallest absolute Gasteiger partial charge is 0.228 e. The van der Waals surface area contributed by atoms with Crippen LogP contribution in [0.2, 0.25) is 0 Å². The van der Waals surface area contributed by atoms with E-state index in [9.17, 15) is 4.79 Å². The van der Waals surface area contributed by atoms with Crippen LogP contribution in [0.25, 0.3) is 0 Å². The Morgan fingerprint density at radius 1 is 1.25 bits per heavy atom. The maximum atomic E-state index is 12.1. The van der Waals surface area contributed by atoms with Gasteiger partial charge in [0.1, 0.15) is 0 Å². The number of methoxy groups -OCH3 is 2. The Hall–Kier alpha value is -1.46. The van der Waals surface area contributed by atoms with Crippen LogP contribution in [-0.4, -0.2) is 40.3 Å². The number of halogens is 1. The van der Waals surface area contributed by atoms with Crippen LogP contribution in [0.5, 0.6) is 11.5 Å². The van der Waals surface area contributed by atoms with Crippen molar-refractivity contribution in [2.45, 2.75) is 13.3 Å². The minimum absolute atomic E-state index is 0. The third kappa shape index (κ3) is 4.58. The summed E-state index contributed by atoms with van der Waals surface area (Å²) in [7, 11) is 5.01. The molecule has 6 heteroatoms. The first-order valence-corrected chi connectivity index (χ1v) is 6.34. The monoisotopic (exact) mass is 302 g/mol. The van der Waals surface area contributed by atoms with E-state index in [2.05, 4.69) is 5.32 Å². The lowest BCUT2D eigenvalue weighted by Gasteiger charge is -2.22. The van der Waals surface area contributed by atoms with Crippen LogP contribution in [0.1, 0.15) is 13.3 Å². The third-order valence-corrected chi connectivity index (χ3v) is 2.88. The van der Waals surface area contributed by atoms with E-state index in [4.69, 9.17) is 9.47 Å². The van der Waals surface area contributed by atoms with Gasteiger partial charge in [-0.15, -0.1) is 12.4 Å². The highest BCUT2D eigenvalue weighted by Gasteiger charge is 2.15. The maximum absolute atomic E-state index is 12.1. The molecule has 0 fully saturated rings. The van der Waals surface area contributed by atoms with Gasteiger partial charge in [-0.05, 0) is 26.1 Å². The number of carbonyl (C=O) groups excluding carboxylic acids is 1. The van der Waals surface area contributed by atoms with Crippen molar-refractivity contribution in [3.63, 3.8) is 0 Å². The predicted octanol–water partition coefficient (Wildman–Crippen LogP) is 2.09. The second-order valence-electron chi connectivity index (χ2n) is 4.03. The van der Waals surface area contributed by atoms with Crippen LogP contribution < -0.4 is 19.7 Å². The van der Waals surface area contributed by atoms with Crippen molar-refractivity contribution in [2.75, 3.05) is 39.3 Å². The molecule has 1 rings (SSSR count). The van der Waals surface area contributed by atoms with Crippen LogP contribution in [-0.2, 0) is 4.79 Å². The lowest BCUT2D eigenvalue weighted by atomic mass is 10.2. The summed E-state index contributed by atoms with van der Waals surface area (Å²) in [6.45, 7) is 3.24. The molecule has 1 aromatic rings. The van der Waals surface area contributed by atoms with Gasteiger partial charge in [0.25, 0.3) is 0 Å². The molecule has 0 heterocycles. The molecule has 20 heavy (non-hydrogen) atoms. The average Bonchev–Trinajstić information content (AvgIpc) is 2.45. The zero-order valence-corrected chi connectivity index (χ0v) is 13.3. The van der Waals surface area contributed by atoms with Gasteiger partial charge in [-0.3, -0.25) is 4.79 Å². The second-order valence-corrected chi connectivity index (χ2v) is 4.03. The van der Waals surface area contributed by atoms with Gasteiger partial charge in [-0.25, -0.2) is 0 Å². The molecule has 1 N–H and O–H groups in total. The number of hydrogen-bond acceptors (Lipinski definition) is 4. The molecule has 0 saturated carbocycles. The van der Waals surface area contributed by atoms with Crippen LogP contribution >= 0.6 is 12.4 Å². The van der Waals surface area contributed by atoms with Gasteiger partial charge in [0, 0.05) is 31.3 Å². The summed E-state index contributed by atoms with van der Waals surface area (Å²) in [4.78, 5) is 13.8. The van der Waals surface area contributed by atoms with Gasteiger partial charge in [-0.2, -0.15) is 0 Å². The Bertz CT molecular complexity index is 427. The first kappa shape index (κ1) is 18.5. The molecule has 0 aliphatic heterocycles. The Labute approximate surface area is 126 Å². The Morgan fingerprint density at radius 3 is 2.40 bits per heavy atom. The van der Waals surface area contributed by atoms with Crippen LogP contribution in [0.3, 0.4) is 0 Å². The molecule has 0 atom stereocenters. The van der Waals surface area contributed by atoms with E-state index in [0.717, 1.165) is 5.69 Å². The van der Waals surface area contributed by atoms with Crippen LogP contribution in [0.4, 0.5) is 5.69 Å². The van der Waals surface area contributed by atoms with Crippen molar-refractivity contribution >= 4 is 24.0 Å². The van der Waals surface area contributed by atoms with Crippen LogP contribution in [0.15, 0.2) is 18.2 Å². The lowest BCUT2D eigenvalue weighted by molar-refractivity contribution is -0.118. The molecular weight excluding hydrogens is 280 g/mol. The number of nitrogens with one attached hydrogen (secondary N) is 1. The van der Waals surface area contributed by atoms with E-state index in [1.807, 2.05) is 32.2 Å². The number of nitrogens with zero attached hydrogens (tertiary/aromatic N) is 1. The molecule has 5 nitrogen and oxygen atoms in total. The lowest BCUT2D eigenvalue weighted by Crippen LogP contribution is -2.32. The number of amides is 1. The molecule has 0 saturated heterocycles. The number of benzene rings is 1. The number of hydrogen-bond donors (Lipinski definition) is 1. The maximum Gasteiger partial charge on any atom is 0.228 e. The number of anilines is 1. The molecule has 0 radical (unpaired) electrons. The van der Waals surface area contributed by atoms with Crippen molar-refractivity contribution in [1.82, 2.24) is 5.32 Å². The van der Waals surface area contributed by atoms with E-state index in [0.29, 0.717) is 31.0 Å². The summed E-state index contributed by atoms with van der Waals surface area (Å²) in [5, 5.41) is 2.98. The van der Waals surface area contributed by atoms with Gasteiger partial charge in [-0.1, -0.05) is 0 Å². The zero-order chi connectivity index (χ0) is 14.3. The summed E-state index contributed by atoms with van der Waals surface area (Å²) in [5.74, 6) is 1.37. The molecule has 1 aromatic carbocycles. The Kier molecular flexibility index (Phi) is 8.76. The quantitative estimate of drug-likeness (QED) is 0.838. The number of ether oxygens (including phenoxy) is 2. The van der Waals surface area contributed by atoms with Gasteiger partial charge in [0.15, 0.2) is 11.5 Å². The van der Waals surface area contributed by atoms with Crippen molar-refractivity contribution in [1.29, 1.82) is 0 Å². The molecule has 0 unspecified atom stereocenters. The highest BCUT2D eigenvalue weighted by Crippen LogP contribution is 2.31. The van der Waals surface area contributed by atoms with Gasteiger partial charge >= 0.3 is 0 Å². The minimum atomic E-state index is 0. The highest BCUT2D eigenvalue weighted by molar-refractivity contribution is 5.93. The first-order valence-electron chi connectivity index (χ1n) is 6.34. The van der Waals surface area contributed by atoms with E-state index in [-0.39, 0.29) is 18.3 Å². The standard InChI is InChI=1S/C14H22N2O3.ClH/c1-5-16(14(17)8-9-15-2)11-6-7-12(18-3)13(10-11)19-4;/h6-7,10,15H,5,8-9H2,1-4H3;1H. The highest BCUT2D eigenvalue weighted by atomic mass is 35.5. The fraction of sp³-hybridized carbons (Fsp3) is 0.500. The summed E-state index contributed by atoms with van der Waals surface area (Å²) in [5.41, 5.74) is 0.821. The molecule has 0 bridgehead atoms. The molecule has 0 aliphatic carbocycles. The molecular formula is C14H23ClN2O3. The van der Waals surface area contributed by atoms with Crippen molar-refractivity contribution in [3.8, 4) is 11.5 Å². The van der Waals surface area contributed by atoms with E-state index < -0.39 is 0 Å². The van der Waals surface area contributed by atoms with Crippen molar-refractivity contribution in [3.05, 3.63) is 18.2 Å². The normalized spacial score (nSPS) is 9.60. The summed E-state index contributed by atoms with van der Waals surface area (Å²) in [6.07, 6.45) is 0.471. The average molecular weight is 303 g/mol. The second kappa shape index (κ2) is 9.44. The molecule has 0 aromatic heterocycles. The summed E-state index contributed by atoms with van der Waals surface area (Å²) < 4.78 is 10.4. The Morgan fingerprint density at radius 2 is 1.90 bits per heavy atom. The number of rotatable bonds is 7. The van der Waals surface area contributed by atoms with Crippen molar-refractivity contribution < 1.29 is 14.3 Å². The number of carbonyl (C=O) groups is 1. The van der Waals surface area contributed by atoms with Gasteiger partial charge in [0.05, 0.1) is 14.2 Å². The fourth-order valence-electron chi connectivity index (χ4n) is 1.86. The van der Waals surface area contributed by atoms with E-state index in [1.165, 1.54) is 0 Å². The van der Waals surface area contributed by atoms with Gasteiger partial charge in [0.2, 0.25) is 5.91 Å². The predicted molar refractivity (Wildman–Crippen MR) is 83.4 cm³/mol. The molecule has 0 aliphatic rings. The topological polar surface area (TPSA) is 50.8 Å². The molecule has 114 valence electrons. The fourth-order valence-corrected chi connectivity index (χ4v) is 1.86. The minimum Gasteiger partial charge on any atom is -0.493 e.